The summed E-state index contributed by atoms with van der Waals surface area (Å²) in [6.07, 6.45) is 3.83. The molecule has 0 bridgehead atoms. The van der Waals surface area contributed by atoms with Crippen molar-refractivity contribution < 1.29 is 9.47 Å². The van der Waals surface area contributed by atoms with Crippen molar-refractivity contribution in [1.82, 2.24) is 5.32 Å². The van der Waals surface area contributed by atoms with E-state index in [4.69, 9.17) is 15.2 Å². The summed E-state index contributed by atoms with van der Waals surface area (Å²) in [6, 6.07) is 0. The molecule has 0 radical (unpaired) electrons. The quantitative estimate of drug-likeness (QED) is 0.490. The van der Waals surface area contributed by atoms with Crippen molar-refractivity contribution in [3.05, 3.63) is 0 Å². The van der Waals surface area contributed by atoms with Crippen molar-refractivity contribution >= 4 is 0 Å². The van der Waals surface area contributed by atoms with E-state index in [1.165, 1.54) is 12.8 Å². The van der Waals surface area contributed by atoms with Crippen LogP contribution in [0.3, 0.4) is 0 Å². The molecule has 0 atom stereocenters. The van der Waals surface area contributed by atoms with E-state index >= 15 is 0 Å². The van der Waals surface area contributed by atoms with E-state index < -0.39 is 0 Å². The molecular weight excluding hydrogens is 192 g/mol. The van der Waals surface area contributed by atoms with Crippen molar-refractivity contribution in [1.29, 1.82) is 0 Å². The smallest absolute Gasteiger partial charge is 0.0591 e. The number of hydrogen-bond donors (Lipinski definition) is 2. The molecule has 1 aliphatic carbocycles. The number of hydrogen-bond acceptors (Lipinski definition) is 4. The Morgan fingerprint density at radius 3 is 2.67 bits per heavy atom. The molecule has 1 aliphatic rings. The first-order chi connectivity index (χ1) is 7.43. The fourth-order valence-corrected chi connectivity index (χ4v) is 1.29. The molecular formula is C11H24N2O2. The van der Waals surface area contributed by atoms with Crippen LogP contribution in [0, 0.1) is 5.92 Å². The molecule has 0 spiro atoms. The Morgan fingerprint density at radius 1 is 1.07 bits per heavy atom. The van der Waals surface area contributed by atoms with Crippen LogP contribution in [0.15, 0.2) is 0 Å². The van der Waals surface area contributed by atoms with Gasteiger partial charge in [0.05, 0.1) is 13.2 Å². The third kappa shape index (κ3) is 8.81. The highest BCUT2D eigenvalue weighted by Gasteiger charge is 2.20. The normalized spacial score (nSPS) is 15.8. The van der Waals surface area contributed by atoms with Crippen LogP contribution in [0.5, 0.6) is 0 Å². The van der Waals surface area contributed by atoms with E-state index in [1.807, 2.05) is 0 Å². The van der Waals surface area contributed by atoms with E-state index in [9.17, 15) is 0 Å². The average Bonchev–Trinajstić information content (AvgIpc) is 3.05. The van der Waals surface area contributed by atoms with E-state index in [1.54, 1.807) is 0 Å². The van der Waals surface area contributed by atoms with Crippen molar-refractivity contribution in [2.24, 2.45) is 11.7 Å². The summed E-state index contributed by atoms with van der Waals surface area (Å²) in [5, 5.41) is 3.30. The van der Waals surface area contributed by atoms with Gasteiger partial charge < -0.3 is 20.5 Å². The summed E-state index contributed by atoms with van der Waals surface area (Å²) in [5.41, 5.74) is 5.29. The maximum Gasteiger partial charge on any atom is 0.0591 e. The Hall–Kier alpha value is -0.160. The van der Waals surface area contributed by atoms with Crippen molar-refractivity contribution in [3.8, 4) is 0 Å². The van der Waals surface area contributed by atoms with Crippen LogP contribution in [0.1, 0.15) is 19.3 Å². The highest BCUT2D eigenvalue weighted by molar-refractivity contribution is 4.71. The monoisotopic (exact) mass is 216 g/mol. The van der Waals surface area contributed by atoms with E-state index in [0.717, 1.165) is 45.2 Å². The fraction of sp³-hybridized carbons (Fsp3) is 1.00. The van der Waals surface area contributed by atoms with E-state index in [-0.39, 0.29) is 0 Å². The van der Waals surface area contributed by atoms with E-state index in [0.29, 0.717) is 13.2 Å². The SMILES string of the molecule is NCCOCCNCCCOCC1CC1. The minimum atomic E-state index is 0.606. The first-order valence-electron chi connectivity index (χ1n) is 5.99. The first-order valence-corrected chi connectivity index (χ1v) is 5.99. The largest absolute Gasteiger partial charge is 0.381 e. The van der Waals surface area contributed by atoms with Gasteiger partial charge in [-0.3, -0.25) is 0 Å². The lowest BCUT2D eigenvalue weighted by molar-refractivity contribution is 0.119. The summed E-state index contributed by atoms with van der Waals surface area (Å²) in [4.78, 5) is 0. The van der Waals surface area contributed by atoms with Crippen LogP contribution in [0.4, 0.5) is 0 Å². The molecule has 1 saturated carbocycles. The van der Waals surface area contributed by atoms with Gasteiger partial charge in [0, 0.05) is 26.3 Å². The highest BCUT2D eigenvalue weighted by atomic mass is 16.5. The summed E-state index contributed by atoms with van der Waals surface area (Å²) in [5.74, 6) is 0.877. The van der Waals surface area contributed by atoms with Crippen LogP contribution < -0.4 is 11.1 Å². The second-order valence-corrected chi connectivity index (χ2v) is 4.02. The summed E-state index contributed by atoms with van der Waals surface area (Å²) >= 11 is 0. The van der Waals surface area contributed by atoms with E-state index in [2.05, 4.69) is 5.32 Å². The lowest BCUT2D eigenvalue weighted by Gasteiger charge is -2.05. The number of nitrogens with two attached hydrogens (primary N) is 1. The Bertz CT molecular complexity index is 141. The van der Waals surface area contributed by atoms with Crippen molar-refractivity contribution in [2.45, 2.75) is 19.3 Å². The second kappa shape index (κ2) is 9.09. The third-order valence-electron chi connectivity index (χ3n) is 2.38. The van der Waals surface area contributed by atoms with Crippen LogP contribution in [-0.4, -0.2) is 46.1 Å². The second-order valence-electron chi connectivity index (χ2n) is 4.02. The summed E-state index contributed by atoms with van der Waals surface area (Å²) in [7, 11) is 0. The lowest BCUT2D eigenvalue weighted by atomic mass is 10.4. The molecule has 0 aromatic heterocycles. The summed E-state index contributed by atoms with van der Waals surface area (Å²) < 4.78 is 10.7. The molecule has 90 valence electrons. The van der Waals surface area contributed by atoms with Gasteiger partial charge in [0.15, 0.2) is 0 Å². The topological polar surface area (TPSA) is 56.5 Å². The van der Waals surface area contributed by atoms with Gasteiger partial charge in [0.25, 0.3) is 0 Å². The Morgan fingerprint density at radius 2 is 1.93 bits per heavy atom. The molecule has 0 saturated heterocycles. The molecule has 0 heterocycles. The molecule has 1 fully saturated rings. The minimum Gasteiger partial charge on any atom is -0.381 e. The van der Waals surface area contributed by atoms with Gasteiger partial charge in [0.2, 0.25) is 0 Å². The molecule has 0 aromatic rings. The molecule has 1 rings (SSSR count). The number of rotatable bonds is 11. The van der Waals surface area contributed by atoms with Crippen molar-refractivity contribution in [2.75, 3.05) is 46.1 Å². The molecule has 4 nitrogen and oxygen atoms in total. The van der Waals surface area contributed by atoms with Crippen LogP contribution in [0.2, 0.25) is 0 Å². The Labute approximate surface area is 92.5 Å². The van der Waals surface area contributed by atoms with Gasteiger partial charge in [-0.2, -0.15) is 0 Å². The lowest BCUT2D eigenvalue weighted by Crippen LogP contribution is -2.23. The molecule has 4 heteroatoms. The maximum atomic E-state index is 5.51. The zero-order valence-electron chi connectivity index (χ0n) is 9.54. The van der Waals surface area contributed by atoms with Gasteiger partial charge in [-0.15, -0.1) is 0 Å². The van der Waals surface area contributed by atoms with Crippen LogP contribution >= 0.6 is 0 Å². The zero-order valence-corrected chi connectivity index (χ0v) is 9.54. The first kappa shape index (κ1) is 12.9. The number of nitrogens with one attached hydrogen (secondary N) is 1. The highest BCUT2D eigenvalue weighted by Crippen LogP contribution is 2.28. The van der Waals surface area contributed by atoms with Gasteiger partial charge in [-0.1, -0.05) is 0 Å². The van der Waals surface area contributed by atoms with Gasteiger partial charge >= 0.3 is 0 Å². The molecule has 0 aromatic carbocycles. The standard InChI is InChI=1S/C11H24N2O2/c12-4-8-14-9-6-13-5-1-7-15-10-11-2-3-11/h11,13H,1-10,12H2. The molecule has 0 unspecified atom stereocenters. The molecule has 3 N–H and O–H groups in total. The van der Waals surface area contributed by atoms with Gasteiger partial charge in [-0.05, 0) is 31.7 Å². The molecule has 0 amide bonds. The minimum absolute atomic E-state index is 0.606. The fourth-order valence-electron chi connectivity index (χ4n) is 1.29. The predicted octanol–water partition coefficient (Wildman–Crippen LogP) is 0.368. The predicted molar refractivity (Wildman–Crippen MR) is 60.9 cm³/mol. The van der Waals surface area contributed by atoms with Gasteiger partial charge in [0.1, 0.15) is 0 Å². The maximum absolute atomic E-state index is 5.51. The van der Waals surface area contributed by atoms with Crippen LogP contribution in [-0.2, 0) is 9.47 Å². The molecule has 15 heavy (non-hydrogen) atoms. The van der Waals surface area contributed by atoms with Crippen molar-refractivity contribution in [3.63, 3.8) is 0 Å². The zero-order chi connectivity index (χ0) is 10.8. The third-order valence-corrected chi connectivity index (χ3v) is 2.38. The van der Waals surface area contributed by atoms with Crippen LogP contribution in [0.25, 0.3) is 0 Å². The molecule has 0 aliphatic heterocycles. The Balaban J connectivity index is 1.62. The average molecular weight is 216 g/mol. The van der Waals surface area contributed by atoms with Gasteiger partial charge in [-0.25, -0.2) is 0 Å². The summed E-state index contributed by atoms with van der Waals surface area (Å²) in [6.45, 7) is 5.79. The Kier molecular flexibility index (Phi) is 7.83. The number of ether oxygens (including phenoxy) is 2.